The summed E-state index contributed by atoms with van der Waals surface area (Å²) >= 11 is 0. The van der Waals surface area contributed by atoms with E-state index in [9.17, 15) is 9.59 Å². The quantitative estimate of drug-likeness (QED) is 0.815. The summed E-state index contributed by atoms with van der Waals surface area (Å²) < 4.78 is 5.42. The van der Waals surface area contributed by atoms with Crippen LogP contribution in [0.25, 0.3) is 0 Å². The van der Waals surface area contributed by atoms with E-state index >= 15 is 0 Å². The third-order valence-electron chi connectivity index (χ3n) is 4.33. The monoisotopic (exact) mass is 268 g/mol. The molecule has 1 saturated heterocycles. The zero-order valence-electron chi connectivity index (χ0n) is 12.2. The number of hydrogen-bond donors (Lipinski definition) is 1. The SMILES string of the molecule is COC1CCCC(N2C(=O)C(C)(C)NC(=O)C2C)C1. The van der Waals surface area contributed by atoms with Crippen molar-refractivity contribution in [3.8, 4) is 0 Å². The molecule has 1 saturated carbocycles. The molecule has 0 bridgehead atoms. The molecular formula is C14H24N2O3. The first-order chi connectivity index (χ1) is 8.86. The van der Waals surface area contributed by atoms with Gasteiger partial charge in [-0.25, -0.2) is 0 Å². The molecule has 0 aromatic rings. The Morgan fingerprint density at radius 3 is 2.63 bits per heavy atom. The molecule has 2 amide bonds. The van der Waals surface area contributed by atoms with Gasteiger partial charge in [0.15, 0.2) is 0 Å². The first-order valence-electron chi connectivity index (χ1n) is 7.04. The molecule has 0 aromatic heterocycles. The maximum Gasteiger partial charge on any atom is 0.248 e. The molecule has 2 aliphatic rings. The molecule has 0 spiro atoms. The normalized spacial score (nSPS) is 35.2. The minimum Gasteiger partial charge on any atom is -0.381 e. The van der Waals surface area contributed by atoms with Gasteiger partial charge in [-0.05, 0) is 46.5 Å². The number of ether oxygens (including phenoxy) is 1. The number of nitrogens with zero attached hydrogens (tertiary/aromatic N) is 1. The summed E-state index contributed by atoms with van der Waals surface area (Å²) in [5.74, 6) is -0.0505. The van der Waals surface area contributed by atoms with E-state index in [4.69, 9.17) is 4.74 Å². The van der Waals surface area contributed by atoms with Crippen molar-refractivity contribution in [1.29, 1.82) is 0 Å². The minimum atomic E-state index is -0.802. The van der Waals surface area contributed by atoms with Crippen LogP contribution in [0.5, 0.6) is 0 Å². The van der Waals surface area contributed by atoms with E-state index in [0.717, 1.165) is 25.7 Å². The Kier molecular flexibility index (Phi) is 3.85. The lowest BCUT2D eigenvalue weighted by Crippen LogP contribution is -2.69. The van der Waals surface area contributed by atoms with Crippen molar-refractivity contribution in [3.05, 3.63) is 0 Å². The summed E-state index contributed by atoms with van der Waals surface area (Å²) in [6.45, 7) is 5.34. The second-order valence-corrected chi connectivity index (χ2v) is 6.18. The van der Waals surface area contributed by atoms with Gasteiger partial charge in [0.2, 0.25) is 11.8 Å². The predicted octanol–water partition coefficient (Wildman–Crippen LogP) is 1.07. The van der Waals surface area contributed by atoms with Crippen LogP contribution < -0.4 is 5.32 Å². The van der Waals surface area contributed by atoms with Crippen molar-refractivity contribution in [2.45, 2.75) is 70.2 Å². The predicted molar refractivity (Wildman–Crippen MR) is 71.6 cm³/mol. The van der Waals surface area contributed by atoms with Crippen molar-refractivity contribution in [1.82, 2.24) is 10.2 Å². The van der Waals surface area contributed by atoms with Crippen LogP contribution in [-0.4, -0.2) is 47.6 Å². The van der Waals surface area contributed by atoms with Gasteiger partial charge in [0.1, 0.15) is 11.6 Å². The summed E-state index contributed by atoms with van der Waals surface area (Å²) in [5, 5.41) is 2.79. The van der Waals surface area contributed by atoms with Crippen LogP contribution >= 0.6 is 0 Å². The van der Waals surface area contributed by atoms with Gasteiger partial charge in [0.25, 0.3) is 0 Å². The zero-order valence-corrected chi connectivity index (χ0v) is 12.2. The smallest absolute Gasteiger partial charge is 0.248 e. The van der Waals surface area contributed by atoms with E-state index < -0.39 is 5.54 Å². The van der Waals surface area contributed by atoms with E-state index in [0.29, 0.717) is 0 Å². The number of amides is 2. The lowest BCUT2D eigenvalue weighted by Gasteiger charge is -2.47. The summed E-state index contributed by atoms with van der Waals surface area (Å²) in [6.07, 6.45) is 4.07. The average molecular weight is 268 g/mol. The molecule has 3 atom stereocenters. The molecule has 1 aliphatic carbocycles. The lowest BCUT2D eigenvalue weighted by molar-refractivity contribution is -0.157. The van der Waals surface area contributed by atoms with Gasteiger partial charge in [-0.1, -0.05) is 0 Å². The Morgan fingerprint density at radius 1 is 1.32 bits per heavy atom. The third-order valence-corrected chi connectivity index (χ3v) is 4.33. The Labute approximate surface area is 114 Å². The van der Waals surface area contributed by atoms with E-state index in [1.807, 2.05) is 0 Å². The third kappa shape index (κ3) is 2.61. The van der Waals surface area contributed by atoms with Crippen molar-refractivity contribution in [2.75, 3.05) is 7.11 Å². The highest BCUT2D eigenvalue weighted by Gasteiger charge is 2.46. The van der Waals surface area contributed by atoms with Gasteiger partial charge in [-0.3, -0.25) is 9.59 Å². The van der Waals surface area contributed by atoms with Gasteiger partial charge < -0.3 is 15.0 Å². The van der Waals surface area contributed by atoms with E-state index in [2.05, 4.69) is 5.32 Å². The van der Waals surface area contributed by atoms with Crippen LogP contribution in [0.15, 0.2) is 0 Å². The highest BCUT2D eigenvalue weighted by molar-refractivity contribution is 5.99. The molecule has 0 aromatic carbocycles. The maximum absolute atomic E-state index is 12.6. The summed E-state index contributed by atoms with van der Waals surface area (Å²) in [6, 6.07) is -0.271. The number of piperazine rings is 1. The fourth-order valence-electron chi connectivity index (χ4n) is 3.16. The fourth-order valence-corrected chi connectivity index (χ4v) is 3.16. The molecule has 0 radical (unpaired) electrons. The number of methoxy groups -OCH3 is 1. The Bertz CT molecular complexity index is 381. The van der Waals surface area contributed by atoms with Gasteiger partial charge in [-0.15, -0.1) is 0 Å². The van der Waals surface area contributed by atoms with Crippen molar-refractivity contribution in [2.24, 2.45) is 0 Å². The first kappa shape index (κ1) is 14.3. The highest BCUT2D eigenvalue weighted by atomic mass is 16.5. The molecule has 1 heterocycles. The van der Waals surface area contributed by atoms with Crippen molar-refractivity contribution < 1.29 is 14.3 Å². The Hall–Kier alpha value is -1.10. The van der Waals surface area contributed by atoms with E-state index in [-0.39, 0.29) is 30.0 Å². The number of carbonyl (C=O) groups excluding carboxylic acids is 2. The minimum absolute atomic E-state index is 0.0151. The standard InChI is InChI=1S/C14H24N2O3/c1-9-12(17)15-14(2,3)13(18)16(9)10-6-5-7-11(8-10)19-4/h9-11H,5-8H2,1-4H3,(H,15,17). The number of hydrogen-bond acceptors (Lipinski definition) is 3. The summed E-state index contributed by atoms with van der Waals surface area (Å²) in [4.78, 5) is 26.4. The molecule has 2 rings (SSSR count). The first-order valence-corrected chi connectivity index (χ1v) is 7.04. The van der Waals surface area contributed by atoms with Crippen LogP contribution in [0.1, 0.15) is 46.5 Å². The second kappa shape index (κ2) is 5.12. The summed E-state index contributed by atoms with van der Waals surface area (Å²) in [7, 11) is 1.71. The van der Waals surface area contributed by atoms with Crippen LogP contribution in [0.3, 0.4) is 0 Å². The lowest BCUT2D eigenvalue weighted by atomic mass is 9.87. The summed E-state index contributed by atoms with van der Waals surface area (Å²) in [5.41, 5.74) is -0.802. The van der Waals surface area contributed by atoms with E-state index in [1.54, 1.807) is 32.8 Å². The molecule has 2 fully saturated rings. The van der Waals surface area contributed by atoms with Crippen LogP contribution in [-0.2, 0) is 14.3 Å². The van der Waals surface area contributed by atoms with Gasteiger partial charge in [0.05, 0.1) is 6.10 Å². The van der Waals surface area contributed by atoms with Crippen LogP contribution in [0.4, 0.5) is 0 Å². The number of rotatable bonds is 2. The molecule has 5 heteroatoms. The molecule has 1 aliphatic heterocycles. The van der Waals surface area contributed by atoms with Gasteiger partial charge in [-0.2, -0.15) is 0 Å². The second-order valence-electron chi connectivity index (χ2n) is 6.18. The fraction of sp³-hybridized carbons (Fsp3) is 0.857. The van der Waals surface area contributed by atoms with Gasteiger partial charge >= 0.3 is 0 Å². The number of nitrogens with one attached hydrogen (secondary N) is 1. The molecular weight excluding hydrogens is 244 g/mol. The number of carbonyl (C=O) groups is 2. The molecule has 19 heavy (non-hydrogen) atoms. The highest BCUT2D eigenvalue weighted by Crippen LogP contribution is 2.30. The van der Waals surface area contributed by atoms with Crippen LogP contribution in [0, 0.1) is 0 Å². The van der Waals surface area contributed by atoms with E-state index in [1.165, 1.54) is 0 Å². The van der Waals surface area contributed by atoms with Gasteiger partial charge in [0, 0.05) is 13.2 Å². The molecule has 3 unspecified atom stereocenters. The largest absolute Gasteiger partial charge is 0.381 e. The average Bonchev–Trinajstić information content (AvgIpc) is 2.37. The molecule has 5 nitrogen and oxygen atoms in total. The Balaban J connectivity index is 2.20. The Morgan fingerprint density at radius 2 is 2.00 bits per heavy atom. The molecule has 1 N–H and O–H groups in total. The van der Waals surface area contributed by atoms with Crippen molar-refractivity contribution >= 4 is 11.8 Å². The van der Waals surface area contributed by atoms with Crippen molar-refractivity contribution in [3.63, 3.8) is 0 Å². The maximum atomic E-state index is 12.6. The molecule has 108 valence electrons. The zero-order chi connectivity index (χ0) is 14.2. The topological polar surface area (TPSA) is 58.6 Å². The van der Waals surface area contributed by atoms with Crippen LogP contribution in [0.2, 0.25) is 0 Å².